The van der Waals surface area contributed by atoms with Crippen molar-refractivity contribution < 1.29 is 4.79 Å². The van der Waals surface area contributed by atoms with Crippen LogP contribution in [-0.2, 0) is 6.42 Å². The number of rotatable bonds is 3. The number of piperidine rings is 1. The number of likely N-dealkylation sites (tertiary alicyclic amines) is 1. The number of nitrogens with zero attached hydrogens (tertiary/aromatic N) is 3. The van der Waals surface area contributed by atoms with E-state index in [0.29, 0.717) is 11.6 Å². The van der Waals surface area contributed by atoms with Gasteiger partial charge in [0.15, 0.2) is 5.69 Å². The molecule has 1 fully saturated rings. The van der Waals surface area contributed by atoms with Crippen LogP contribution < -0.4 is 0 Å². The Balaban J connectivity index is 1.63. The van der Waals surface area contributed by atoms with Crippen LogP contribution in [0.15, 0.2) is 29.6 Å². The molecular formula is C16H19N3OS. The van der Waals surface area contributed by atoms with Crippen LogP contribution in [0.5, 0.6) is 0 Å². The number of benzene rings is 1. The normalized spacial score (nSPS) is 18.7. The van der Waals surface area contributed by atoms with Gasteiger partial charge in [-0.15, -0.1) is 5.10 Å². The van der Waals surface area contributed by atoms with Gasteiger partial charge in [0, 0.05) is 18.5 Å². The van der Waals surface area contributed by atoms with Gasteiger partial charge < -0.3 is 4.90 Å². The first-order valence-electron chi connectivity index (χ1n) is 7.34. The maximum atomic E-state index is 12.3. The van der Waals surface area contributed by atoms with E-state index in [9.17, 15) is 4.79 Å². The summed E-state index contributed by atoms with van der Waals surface area (Å²) in [6.07, 6.45) is 3.30. The zero-order valence-electron chi connectivity index (χ0n) is 12.2. The fourth-order valence-electron chi connectivity index (χ4n) is 2.89. The number of aryl methyl sites for hydroxylation is 1. The molecule has 5 heteroatoms. The van der Waals surface area contributed by atoms with Crippen molar-refractivity contribution >= 4 is 17.4 Å². The van der Waals surface area contributed by atoms with Crippen molar-refractivity contribution in [3.05, 3.63) is 46.5 Å². The van der Waals surface area contributed by atoms with E-state index in [-0.39, 0.29) is 5.91 Å². The number of carbonyl (C=O) groups excluding carboxylic acids is 1. The second kappa shape index (κ2) is 6.35. The van der Waals surface area contributed by atoms with Gasteiger partial charge in [0.05, 0.1) is 0 Å². The van der Waals surface area contributed by atoms with Crippen LogP contribution in [-0.4, -0.2) is 33.5 Å². The standard InChI is InChI=1S/C16H19N3OS/c1-12-4-6-13(7-5-12)9-14-3-2-8-19(10-14)16(20)15-11-21-18-17-15/h4-7,11,14H,2-3,8-10H2,1H3. The van der Waals surface area contributed by atoms with Gasteiger partial charge in [-0.2, -0.15) is 0 Å². The van der Waals surface area contributed by atoms with E-state index in [4.69, 9.17) is 0 Å². The van der Waals surface area contributed by atoms with Crippen LogP contribution in [0.2, 0.25) is 0 Å². The predicted molar refractivity (Wildman–Crippen MR) is 83.4 cm³/mol. The Morgan fingerprint density at radius 2 is 2.19 bits per heavy atom. The highest BCUT2D eigenvalue weighted by molar-refractivity contribution is 7.03. The third-order valence-corrected chi connectivity index (χ3v) is 4.53. The van der Waals surface area contributed by atoms with Crippen molar-refractivity contribution in [2.24, 2.45) is 5.92 Å². The van der Waals surface area contributed by atoms with Crippen molar-refractivity contribution in [2.45, 2.75) is 26.2 Å². The molecule has 0 aliphatic carbocycles. The van der Waals surface area contributed by atoms with E-state index >= 15 is 0 Å². The quantitative estimate of drug-likeness (QED) is 0.875. The van der Waals surface area contributed by atoms with E-state index < -0.39 is 0 Å². The second-order valence-corrected chi connectivity index (χ2v) is 6.35. The molecule has 1 aromatic carbocycles. The van der Waals surface area contributed by atoms with Gasteiger partial charge in [-0.25, -0.2) is 0 Å². The third kappa shape index (κ3) is 3.47. The molecule has 1 unspecified atom stereocenters. The smallest absolute Gasteiger partial charge is 0.275 e. The summed E-state index contributed by atoms with van der Waals surface area (Å²) in [5.74, 6) is 0.564. The Bertz CT molecular complexity index is 594. The molecule has 21 heavy (non-hydrogen) atoms. The number of hydrogen-bond acceptors (Lipinski definition) is 4. The maximum Gasteiger partial charge on any atom is 0.275 e. The lowest BCUT2D eigenvalue weighted by Gasteiger charge is -2.32. The van der Waals surface area contributed by atoms with Crippen LogP contribution in [0.4, 0.5) is 0 Å². The van der Waals surface area contributed by atoms with Gasteiger partial charge in [0.1, 0.15) is 0 Å². The molecule has 1 aromatic heterocycles. The van der Waals surface area contributed by atoms with Gasteiger partial charge in [0.25, 0.3) is 5.91 Å². The van der Waals surface area contributed by atoms with Crippen LogP contribution >= 0.6 is 11.5 Å². The number of amides is 1. The van der Waals surface area contributed by atoms with E-state index in [2.05, 4.69) is 40.8 Å². The summed E-state index contributed by atoms with van der Waals surface area (Å²) in [5.41, 5.74) is 3.13. The number of carbonyl (C=O) groups is 1. The second-order valence-electron chi connectivity index (χ2n) is 5.74. The summed E-state index contributed by atoms with van der Waals surface area (Å²) in [5, 5.41) is 5.62. The van der Waals surface area contributed by atoms with E-state index in [1.54, 1.807) is 5.38 Å². The van der Waals surface area contributed by atoms with E-state index in [0.717, 1.165) is 25.9 Å². The average molecular weight is 301 g/mol. The fourth-order valence-corrected chi connectivity index (χ4v) is 3.32. The molecule has 0 N–H and O–H groups in total. The first kappa shape index (κ1) is 14.2. The topological polar surface area (TPSA) is 46.1 Å². The summed E-state index contributed by atoms with van der Waals surface area (Å²) >= 11 is 1.23. The van der Waals surface area contributed by atoms with Crippen molar-refractivity contribution in [3.63, 3.8) is 0 Å². The highest BCUT2D eigenvalue weighted by Gasteiger charge is 2.25. The highest BCUT2D eigenvalue weighted by Crippen LogP contribution is 2.22. The largest absolute Gasteiger partial charge is 0.337 e. The SMILES string of the molecule is Cc1ccc(CC2CCCN(C(=O)c3csnn3)C2)cc1. The molecule has 1 aliphatic heterocycles. The average Bonchev–Trinajstić information content (AvgIpc) is 3.03. The lowest BCUT2D eigenvalue weighted by molar-refractivity contribution is 0.0667. The molecule has 3 rings (SSSR count). The van der Waals surface area contributed by atoms with Crippen LogP contribution in [0, 0.1) is 12.8 Å². The summed E-state index contributed by atoms with van der Waals surface area (Å²) < 4.78 is 3.78. The van der Waals surface area contributed by atoms with Gasteiger partial charge >= 0.3 is 0 Å². The molecular weight excluding hydrogens is 282 g/mol. The minimum absolute atomic E-state index is 0.0253. The van der Waals surface area contributed by atoms with Gasteiger partial charge in [-0.05, 0) is 49.2 Å². The Hall–Kier alpha value is -1.75. The van der Waals surface area contributed by atoms with Crippen molar-refractivity contribution in [2.75, 3.05) is 13.1 Å². The number of aromatic nitrogens is 2. The predicted octanol–water partition coefficient (Wildman–Crippen LogP) is 2.94. The highest BCUT2D eigenvalue weighted by atomic mass is 32.1. The minimum atomic E-state index is 0.0253. The van der Waals surface area contributed by atoms with Crippen LogP contribution in [0.3, 0.4) is 0 Å². The van der Waals surface area contributed by atoms with Crippen molar-refractivity contribution in [1.29, 1.82) is 0 Å². The molecule has 1 amide bonds. The van der Waals surface area contributed by atoms with E-state index in [1.807, 2.05) is 4.90 Å². The molecule has 2 heterocycles. The maximum absolute atomic E-state index is 12.3. The van der Waals surface area contributed by atoms with Gasteiger partial charge in [-0.1, -0.05) is 34.3 Å². The molecule has 1 atom stereocenters. The molecule has 0 radical (unpaired) electrons. The lowest BCUT2D eigenvalue weighted by atomic mass is 9.91. The molecule has 1 saturated heterocycles. The molecule has 2 aromatic rings. The Morgan fingerprint density at radius 1 is 1.38 bits per heavy atom. The molecule has 0 spiro atoms. The summed E-state index contributed by atoms with van der Waals surface area (Å²) in [6, 6.07) is 8.70. The van der Waals surface area contributed by atoms with Crippen molar-refractivity contribution in [1.82, 2.24) is 14.5 Å². The molecule has 4 nitrogen and oxygen atoms in total. The van der Waals surface area contributed by atoms with E-state index in [1.165, 1.54) is 29.1 Å². The summed E-state index contributed by atoms with van der Waals surface area (Å²) in [7, 11) is 0. The van der Waals surface area contributed by atoms with Crippen LogP contribution in [0.25, 0.3) is 0 Å². The Kier molecular flexibility index (Phi) is 4.29. The Labute approximate surface area is 129 Å². The number of hydrogen-bond donors (Lipinski definition) is 0. The molecule has 1 aliphatic rings. The lowest BCUT2D eigenvalue weighted by Crippen LogP contribution is -2.40. The fraction of sp³-hybridized carbons (Fsp3) is 0.438. The van der Waals surface area contributed by atoms with Gasteiger partial charge in [0.2, 0.25) is 0 Å². The third-order valence-electron chi connectivity index (χ3n) is 4.03. The van der Waals surface area contributed by atoms with Crippen molar-refractivity contribution in [3.8, 4) is 0 Å². The molecule has 0 bridgehead atoms. The molecule has 110 valence electrons. The van der Waals surface area contributed by atoms with Crippen LogP contribution in [0.1, 0.15) is 34.5 Å². The molecule has 0 saturated carbocycles. The monoisotopic (exact) mass is 301 g/mol. The zero-order valence-corrected chi connectivity index (χ0v) is 13.0. The minimum Gasteiger partial charge on any atom is -0.337 e. The zero-order chi connectivity index (χ0) is 14.7. The first-order valence-corrected chi connectivity index (χ1v) is 8.18. The first-order chi connectivity index (χ1) is 10.2. The summed E-state index contributed by atoms with van der Waals surface area (Å²) in [6.45, 7) is 3.76. The summed E-state index contributed by atoms with van der Waals surface area (Å²) in [4.78, 5) is 14.3. The van der Waals surface area contributed by atoms with Gasteiger partial charge in [-0.3, -0.25) is 4.79 Å². The Morgan fingerprint density at radius 3 is 2.90 bits per heavy atom.